The fraction of sp³-hybridized carbons (Fsp3) is 0.190. The number of rotatable bonds is 3. The lowest BCUT2D eigenvalue weighted by molar-refractivity contribution is 0.0533. The zero-order valence-electron chi connectivity index (χ0n) is 15.5. The molecule has 2 amide bonds. The summed E-state index contributed by atoms with van der Waals surface area (Å²) in [6.45, 7) is 1.37. The summed E-state index contributed by atoms with van der Waals surface area (Å²) >= 11 is 5.88. The van der Waals surface area contributed by atoms with Crippen LogP contribution >= 0.6 is 11.6 Å². The predicted molar refractivity (Wildman–Crippen MR) is 107 cm³/mol. The van der Waals surface area contributed by atoms with Crippen molar-refractivity contribution in [3.05, 3.63) is 82.9 Å². The van der Waals surface area contributed by atoms with Crippen molar-refractivity contribution in [2.45, 2.75) is 0 Å². The number of benzene rings is 2. The Balaban J connectivity index is 1.41. The number of halogens is 2. The molecule has 6 nitrogen and oxygen atoms in total. The van der Waals surface area contributed by atoms with Crippen LogP contribution in [0.1, 0.15) is 20.7 Å². The molecule has 3 aromatic rings. The van der Waals surface area contributed by atoms with Crippen LogP contribution < -0.4 is 0 Å². The molecule has 0 radical (unpaired) electrons. The van der Waals surface area contributed by atoms with Crippen molar-refractivity contribution >= 4 is 23.4 Å². The summed E-state index contributed by atoms with van der Waals surface area (Å²) in [5, 5.41) is 4.56. The van der Waals surface area contributed by atoms with Crippen LogP contribution in [0.2, 0.25) is 5.02 Å². The van der Waals surface area contributed by atoms with Crippen molar-refractivity contribution in [2.75, 3.05) is 26.2 Å². The number of para-hydroxylation sites is 1. The zero-order valence-corrected chi connectivity index (χ0v) is 16.2. The second kappa shape index (κ2) is 8.05. The van der Waals surface area contributed by atoms with E-state index in [-0.39, 0.29) is 11.5 Å². The average molecular weight is 413 g/mol. The predicted octanol–water partition coefficient (Wildman–Crippen LogP) is 3.26. The molecule has 1 saturated heterocycles. The highest BCUT2D eigenvalue weighted by Crippen LogP contribution is 2.18. The van der Waals surface area contributed by atoms with Gasteiger partial charge in [-0.25, -0.2) is 9.07 Å². The van der Waals surface area contributed by atoms with Gasteiger partial charge in [-0.1, -0.05) is 29.8 Å². The number of carbonyl (C=O) groups is 2. The van der Waals surface area contributed by atoms with Gasteiger partial charge in [-0.2, -0.15) is 5.10 Å². The Morgan fingerprint density at radius 1 is 0.931 bits per heavy atom. The number of hydrogen-bond donors (Lipinski definition) is 0. The van der Waals surface area contributed by atoms with E-state index in [2.05, 4.69) is 5.10 Å². The summed E-state index contributed by atoms with van der Waals surface area (Å²) in [5.74, 6) is -1.17. The van der Waals surface area contributed by atoms with E-state index in [0.29, 0.717) is 36.8 Å². The van der Waals surface area contributed by atoms with Gasteiger partial charge in [0.1, 0.15) is 5.82 Å². The second-order valence-electron chi connectivity index (χ2n) is 6.72. The smallest absolute Gasteiger partial charge is 0.257 e. The molecule has 0 spiro atoms. The standard InChI is InChI=1S/C21H18ClFN4O2/c22-16-6-7-19(23)18(12-16)21(29)26-10-8-25(9-11-26)20(28)15-13-24-27(14-15)17-4-2-1-3-5-17/h1-7,12-14H,8-11H2. The van der Waals surface area contributed by atoms with E-state index in [4.69, 9.17) is 11.6 Å². The van der Waals surface area contributed by atoms with E-state index in [1.807, 2.05) is 30.3 Å². The lowest BCUT2D eigenvalue weighted by atomic mass is 10.1. The molecule has 0 unspecified atom stereocenters. The minimum Gasteiger partial charge on any atom is -0.335 e. The van der Waals surface area contributed by atoms with Gasteiger partial charge in [0, 0.05) is 37.4 Å². The molecule has 1 aliphatic rings. The Morgan fingerprint density at radius 2 is 1.59 bits per heavy atom. The van der Waals surface area contributed by atoms with Crippen molar-refractivity contribution in [3.63, 3.8) is 0 Å². The number of piperazine rings is 1. The van der Waals surface area contributed by atoms with Crippen LogP contribution in [0.15, 0.2) is 60.9 Å². The quantitative estimate of drug-likeness (QED) is 0.663. The molecule has 1 fully saturated rings. The molecule has 1 aromatic heterocycles. The minimum absolute atomic E-state index is 0.0542. The third kappa shape index (κ3) is 4.00. The number of amides is 2. The van der Waals surface area contributed by atoms with Crippen molar-refractivity contribution < 1.29 is 14.0 Å². The lowest BCUT2D eigenvalue weighted by Crippen LogP contribution is -2.50. The zero-order chi connectivity index (χ0) is 20.4. The molecule has 29 heavy (non-hydrogen) atoms. The number of carbonyl (C=O) groups excluding carboxylic acids is 2. The monoisotopic (exact) mass is 412 g/mol. The van der Waals surface area contributed by atoms with Crippen LogP contribution in [-0.2, 0) is 0 Å². The molecule has 0 saturated carbocycles. The van der Waals surface area contributed by atoms with E-state index < -0.39 is 11.7 Å². The maximum absolute atomic E-state index is 14.0. The van der Waals surface area contributed by atoms with Crippen LogP contribution in [0.5, 0.6) is 0 Å². The number of nitrogens with zero attached hydrogens (tertiary/aromatic N) is 4. The Morgan fingerprint density at radius 3 is 2.28 bits per heavy atom. The van der Waals surface area contributed by atoms with E-state index >= 15 is 0 Å². The summed E-state index contributed by atoms with van der Waals surface area (Å²) in [4.78, 5) is 28.6. The fourth-order valence-corrected chi connectivity index (χ4v) is 3.45. The van der Waals surface area contributed by atoms with Crippen LogP contribution in [0.25, 0.3) is 5.69 Å². The van der Waals surface area contributed by atoms with Gasteiger partial charge in [0.15, 0.2) is 0 Å². The van der Waals surface area contributed by atoms with Gasteiger partial charge in [0.25, 0.3) is 11.8 Å². The average Bonchev–Trinajstić information content (AvgIpc) is 3.25. The number of aromatic nitrogens is 2. The lowest BCUT2D eigenvalue weighted by Gasteiger charge is -2.34. The summed E-state index contributed by atoms with van der Waals surface area (Å²) in [7, 11) is 0. The van der Waals surface area contributed by atoms with Gasteiger partial charge in [0.05, 0.1) is 23.0 Å². The highest BCUT2D eigenvalue weighted by atomic mass is 35.5. The SMILES string of the molecule is O=C(c1cnn(-c2ccccc2)c1)N1CCN(C(=O)c2cc(Cl)ccc2F)CC1. The van der Waals surface area contributed by atoms with E-state index in [0.717, 1.165) is 5.69 Å². The van der Waals surface area contributed by atoms with Gasteiger partial charge >= 0.3 is 0 Å². The van der Waals surface area contributed by atoms with Gasteiger partial charge in [0.2, 0.25) is 0 Å². The maximum Gasteiger partial charge on any atom is 0.257 e. The third-order valence-electron chi connectivity index (χ3n) is 4.86. The van der Waals surface area contributed by atoms with E-state index in [9.17, 15) is 14.0 Å². The molecule has 2 aromatic carbocycles. The molecule has 148 valence electrons. The van der Waals surface area contributed by atoms with Gasteiger partial charge in [-0.3, -0.25) is 9.59 Å². The highest BCUT2D eigenvalue weighted by Gasteiger charge is 2.27. The first-order valence-corrected chi connectivity index (χ1v) is 9.54. The summed E-state index contributed by atoms with van der Waals surface area (Å²) in [6.07, 6.45) is 3.23. The van der Waals surface area contributed by atoms with E-state index in [1.54, 1.807) is 15.8 Å². The highest BCUT2D eigenvalue weighted by molar-refractivity contribution is 6.31. The van der Waals surface area contributed by atoms with Crippen LogP contribution in [-0.4, -0.2) is 57.6 Å². The molecule has 4 rings (SSSR count). The van der Waals surface area contributed by atoms with Crippen molar-refractivity contribution in [1.82, 2.24) is 19.6 Å². The van der Waals surface area contributed by atoms with Gasteiger partial charge < -0.3 is 9.80 Å². The maximum atomic E-state index is 14.0. The second-order valence-corrected chi connectivity index (χ2v) is 7.15. The molecule has 0 atom stereocenters. The van der Waals surface area contributed by atoms with Gasteiger partial charge in [-0.15, -0.1) is 0 Å². The molecule has 1 aliphatic heterocycles. The normalized spacial score (nSPS) is 14.1. The van der Waals surface area contributed by atoms with Crippen molar-refractivity contribution in [3.8, 4) is 5.69 Å². The summed E-state index contributed by atoms with van der Waals surface area (Å²) < 4.78 is 15.6. The first kappa shape index (κ1) is 19.1. The Labute approximate surface area is 172 Å². The van der Waals surface area contributed by atoms with Crippen molar-refractivity contribution in [1.29, 1.82) is 0 Å². The molecule has 0 N–H and O–H groups in total. The molecular formula is C21H18ClFN4O2. The Kier molecular flexibility index (Phi) is 5.31. The van der Waals surface area contributed by atoms with Crippen LogP contribution in [0.4, 0.5) is 4.39 Å². The molecule has 0 bridgehead atoms. The first-order chi connectivity index (χ1) is 14.0. The minimum atomic E-state index is -0.605. The summed E-state index contributed by atoms with van der Waals surface area (Å²) in [5.41, 5.74) is 1.29. The number of hydrogen-bond acceptors (Lipinski definition) is 3. The Bertz CT molecular complexity index is 1050. The third-order valence-corrected chi connectivity index (χ3v) is 5.10. The van der Waals surface area contributed by atoms with Gasteiger partial charge in [-0.05, 0) is 30.3 Å². The van der Waals surface area contributed by atoms with E-state index in [1.165, 1.54) is 29.3 Å². The molecular weight excluding hydrogens is 395 g/mol. The molecule has 8 heteroatoms. The Hall–Kier alpha value is -3.19. The topological polar surface area (TPSA) is 58.4 Å². The summed E-state index contributed by atoms with van der Waals surface area (Å²) in [6, 6.07) is 13.4. The molecule has 0 aliphatic carbocycles. The fourth-order valence-electron chi connectivity index (χ4n) is 3.28. The van der Waals surface area contributed by atoms with Crippen LogP contribution in [0.3, 0.4) is 0 Å². The molecule has 2 heterocycles. The first-order valence-electron chi connectivity index (χ1n) is 9.16. The van der Waals surface area contributed by atoms with Crippen LogP contribution in [0, 0.1) is 5.82 Å². The largest absolute Gasteiger partial charge is 0.335 e. The van der Waals surface area contributed by atoms with Crippen molar-refractivity contribution in [2.24, 2.45) is 0 Å².